The van der Waals surface area contributed by atoms with Gasteiger partial charge in [-0.15, -0.1) is 0 Å². The Morgan fingerprint density at radius 2 is 2.00 bits per heavy atom. The van der Waals surface area contributed by atoms with Crippen LogP contribution in [-0.2, 0) is 4.79 Å². The van der Waals surface area contributed by atoms with E-state index in [-0.39, 0.29) is 12.4 Å². The van der Waals surface area contributed by atoms with Gasteiger partial charge in [0.2, 0.25) is 0 Å². The highest BCUT2D eigenvalue weighted by Crippen LogP contribution is 2.20. The molecule has 0 aliphatic heterocycles. The Morgan fingerprint density at radius 1 is 1.31 bits per heavy atom. The van der Waals surface area contributed by atoms with E-state index in [1.807, 2.05) is 12.1 Å². The number of carbonyl (C=O) groups excluding carboxylic acids is 1. The van der Waals surface area contributed by atoms with Gasteiger partial charge in [0.05, 0.1) is 11.0 Å². The maximum Gasteiger partial charge on any atom is 0.311 e. The van der Waals surface area contributed by atoms with Crippen LogP contribution in [0.25, 0.3) is 11.0 Å². The average molecular weight is 442 g/mol. The first-order valence-corrected chi connectivity index (χ1v) is 6.27. The van der Waals surface area contributed by atoms with Crippen molar-refractivity contribution in [3.8, 4) is 5.88 Å². The zero-order valence-electron chi connectivity index (χ0n) is 7.66. The summed E-state index contributed by atoms with van der Waals surface area (Å²) in [7, 11) is 0. The molecule has 1 N–H and O–H groups in total. The molecule has 2 aromatic rings. The summed E-state index contributed by atoms with van der Waals surface area (Å²) in [5, 5.41) is 0. The van der Waals surface area contributed by atoms with E-state index in [0.717, 1.165) is 7.14 Å². The van der Waals surface area contributed by atoms with Crippen molar-refractivity contribution in [2.24, 2.45) is 0 Å². The van der Waals surface area contributed by atoms with Crippen molar-refractivity contribution in [3.63, 3.8) is 0 Å². The van der Waals surface area contributed by atoms with Gasteiger partial charge in [0.1, 0.15) is 0 Å². The first-order chi connectivity index (χ1) is 7.61. The molecule has 0 saturated heterocycles. The first kappa shape index (κ1) is 11.8. The molecule has 0 aliphatic rings. The van der Waals surface area contributed by atoms with E-state index < -0.39 is 5.56 Å². The third-order valence-electron chi connectivity index (χ3n) is 1.86. The van der Waals surface area contributed by atoms with E-state index in [0.29, 0.717) is 11.0 Å². The van der Waals surface area contributed by atoms with Gasteiger partial charge in [-0.3, -0.25) is 9.59 Å². The van der Waals surface area contributed by atoms with Gasteiger partial charge >= 0.3 is 5.56 Å². The van der Waals surface area contributed by atoms with Crippen molar-refractivity contribution in [2.75, 3.05) is 0 Å². The van der Waals surface area contributed by atoms with Gasteiger partial charge in [-0.05, 0) is 57.3 Å². The van der Waals surface area contributed by atoms with E-state index in [1.54, 1.807) is 0 Å². The zero-order chi connectivity index (χ0) is 11.7. The zero-order valence-corrected chi connectivity index (χ0v) is 12.0. The van der Waals surface area contributed by atoms with Crippen LogP contribution in [0.1, 0.15) is 0 Å². The maximum absolute atomic E-state index is 11.4. The number of aromatic nitrogens is 2. The smallest absolute Gasteiger partial charge is 0.311 e. The van der Waals surface area contributed by atoms with Gasteiger partial charge in [-0.2, -0.15) is 0 Å². The number of nitrogens with one attached hydrogen (secondary N) is 1. The van der Waals surface area contributed by atoms with Gasteiger partial charge in [-0.1, -0.05) is 0 Å². The number of hydrogen-bond donors (Lipinski definition) is 1. The van der Waals surface area contributed by atoms with E-state index in [4.69, 9.17) is 0 Å². The Labute approximate surface area is 117 Å². The maximum atomic E-state index is 11.4. The van der Waals surface area contributed by atoms with Crippen LogP contribution in [0.5, 0.6) is 5.88 Å². The summed E-state index contributed by atoms with van der Waals surface area (Å²) in [6.07, 6.45) is 0. The summed E-state index contributed by atoms with van der Waals surface area (Å²) in [5.74, 6) is -0.237. The lowest BCUT2D eigenvalue weighted by molar-refractivity contribution is -0.121. The number of carbonyl (C=O) groups is 1. The largest absolute Gasteiger partial charge is 0.404 e. The Morgan fingerprint density at radius 3 is 2.69 bits per heavy atom. The van der Waals surface area contributed by atoms with Crippen LogP contribution in [0.15, 0.2) is 16.9 Å². The molecular weight excluding hydrogens is 438 g/mol. The van der Waals surface area contributed by atoms with Crippen LogP contribution in [0.3, 0.4) is 0 Å². The summed E-state index contributed by atoms with van der Waals surface area (Å²) in [4.78, 5) is 28.1. The Hall–Kier alpha value is -0.710. The van der Waals surface area contributed by atoms with Gasteiger partial charge in [0, 0.05) is 7.14 Å². The molecule has 2 rings (SSSR count). The quantitative estimate of drug-likeness (QED) is 0.568. The fourth-order valence-electron chi connectivity index (χ4n) is 1.19. The van der Waals surface area contributed by atoms with Crippen LogP contribution in [-0.4, -0.2) is 16.4 Å². The van der Waals surface area contributed by atoms with Crippen molar-refractivity contribution in [1.29, 1.82) is 0 Å². The molecule has 1 aromatic carbocycles. The van der Waals surface area contributed by atoms with Crippen LogP contribution in [0, 0.1) is 7.14 Å². The molecule has 5 nitrogen and oxygen atoms in total. The third kappa shape index (κ3) is 2.19. The van der Waals surface area contributed by atoms with Crippen molar-refractivity contribution >= 4 is 62.7 Å². The number of rotatable bonds is 2. The molecule has 0 spiro atoms. The number of H-pyrrole nitrogens is 1. The topological polar surface area (TPSA) is 72.0 Å². The van der Waals surface area contributed by atoms with Gasteiger partial charge in [0.15, 0.2) is 0 Å². The number of hydrogen-bond acceptors (Lipinski definition) is 4. The molecule has 0 unspecified atom stereocenters. The Bertz CT molecular complexity index is 624. The standard InChI is InChI=1S/C9H4I2N2O3/c10-4-1-6-7(2-5(4)11)13-9(16-3-14)8(15)12-6/h1-3H,(H,12,15). The summed E-state index contributed by atoms with van der Waals surface area (Å²) < 4.78 is 6.51. The summed E-state index contributed by atoms with van der Waals surface area (Å²) in [6, 6.07) is 3.63. The van der Waals surface area contributed by atoms with Crippen molar-refractivity contribution in [2.45, 2.75) is 0 Å². The molecule has 16 heavy (non-hydrogen) atoms. The van der Waals surface area contributed by atoms with E-state index >= 15 is 0 Å². The molecule has 1 aromatic heterocycles. The van der Waals surface area contributed by atoms with E-state index in [9.17, 15) is 9.59 Å². The van der Waals surface area contributed by atoms with Crippen molar-refractivity contribution < 1.29 is 9.53 Å². The molecule has 0 bridgehead atoms. The first-order valence-electron chi connectivity index (χ1n) is 4.11. The molecular formula is C9H4I2N2O3. The molecule has 0 radical (unpaired) electrons. The summed E-state index contributed by atoms with van der Waals surface area (Å²) in [5.41, 5.74) is 0.686. The average Bonchev–Trinajstić information content (AvgIpc) is 2.23. The molecule has 0 atom stereocenters. The highest BCUT2D eigenvalue weighted by Gasteiger charge is 2.07. The van der Waals surface area contributed by atoms with E-state index in [1.165, 1.54) is 0 Å². The SMILES string of the molecule is O=COc1nc2cc(I)c(I)cc2[nH]c1=O. The number of nitrogens with zero attached hydrogens (tertiary/aromatic N) is 1. The normalized spacial score (nSPS) is 10.4. The lowest BCUT2D eigenvalue weighted by Gasteiger charge is -2.02. The molecule has 0 amide bonds. The van der Waals surface area contributed by atoms with E-state index in [2.05, 4.69) is 59.9 Å². The number of fused-ring (bicyclic) bond motifs is 1. The van der Waals surface area contributed by atoms with Gasteiger partial charge in [0.25, 0.3) is 12.4 Å². The molecule has 0 saturated carbocycles. The minimum absolute atomic E-state index is 0.182. The van der Waals surface area contributed by atoms with Crippen LogP contribution >= 0.6 is 45.2 Å². The van der Waals surface area contributed by atoms with Crippen LogP contribution in [0.2, 0.25) is 0 Å². The van der Waals surface area contributed by atoms with Crippen LogP contribution in [0.4, 0.5) is 0 Å². The monoisotopic (exact) mass is 442 g/mol. The predicted molar refractivity (Wildman–Crippen MR) is 74.5 cm³/mol. The summed E-state index contributed by atoms with van der Waals surface area (Å²) >= 11 is 4.33. The number of halogens is 2. The number of ether oxygens (including phenoxy) is 1. The predicted octanol–water partition coefficient (Wildman–Crippen LogP) is 1.67. The Balaban J connectivity index is 2.74. The lowest BCUT2D eigenvalue weighted by Crippen LogP contribution is -2.12. The van der Waals surface area contributed by atoms with Crippen LogP contribution < -0.4 is 10.3 Å². The minimum atomic E-state index is -0.517. The fraction of sp³-hybridized carbons (Fsp3) is 0. The van der Waals surface area contributed by atoms with Crippen molar-refractivity contribution in [3.05, 3.63) is 29.6 Å². The fourth-order valence-corrected chi connectivity index (χ4v) is 2.11. The van der Waals surface area contributed by atoms with Gasteiger partial charge in [-0.25, -0.2) is 4.98 Å². The highest BCUT2D eigenvalue weighted by molar-refractivity contribution is 14.1. The molecule has 0 aliphatic carbocycles. The minimum Gasteiger partial charge on any atom is -0.404 e. The number of benzene rings is 1. The number of aromatic amines is 1. The molecule has 0 fully saturated rings. The second kappa shape index (κ2) is 4.65. The summed E-state index contributed by atoms with van der Waals surface area (Å²) in [6.45, 7) is 0.182. The van der Waals surface area contributed by atoms with Gasteiger partial charge < -0.3 is 9.72 Å². The second-order valence-electron chi connectivity index (χ2n) is 2.87. The molecule has 7 heteroatoms. The third-order valence-corrected chi connectivity index (χ3v) is 4.68. The lowest BCUT2D eigenvalue weighted by atomic mass is 10.3. The van der Waals surface area contributed by atoms with Crippen molar-refractivity contribution in [1.82, 2.24) is 9.97 Å². The second-order valence-corrected chi connectivity index (χ2v) is 5.19. The molecule has 1 heterocycles. The highest BCUT2D eigenvalue weighted by atomic mass is 127. The molecule has 82 valence electrons. The Kier molecular flexibility index (Phi) is 3.42.